The molecule has 0 bridgehead atoms. The largest absolute Gasteiger partial charge is 0.317 e. The average molecular weight is 327 g/mol. The number of carbonyl (C=O) groups is 1. The van der Waals surface area contributed by atoms with E-state index in [1.165, 1.54) is 0 Å². The van der Waals surface area contributed by atoms with Crippen LogP contribution in [-0.4, -0.2) is 29.2 Å². The Morgan fingerprint density at radius 2 is 2.10 bits per heavy atom. The number of nitrogens with one attached hydrogen (secondary N) is 2. The van der Waals surface area contributed by atoms with Gasteiger partial charge in [0.25, 0.3) is 6.43 Å². The highest BCUT2D eigenvalue weighted by atomic mass is 35.5. The summed E-state index contributed by atoms with van der Waals surface area (Å²) >= 11 is 0.717. The summed E-state index contributed by atoms with van der Waals surface area (Å²) in [6.45, 7) is 2.00. The summed E-state index contributed by atoms with van der Waals surface area (Å²) in [6.07, 6.45) is 0.754. The van der Waals surface area contributed by atoms with Gasteiger partial charge in [0.2, 0.25) is 11.0 Å². The number of hydrogen-bond acceptors (Lipinski definition) is 5. The number of hydrogen-bond donors (Lipinski definition) is 2. The average Bonchev–Trinajstić information content (AvgIpc) is 2.86. The molecule has 2 N–H and O–H groups in total. The minimum absolute atomic E-state index is 0. The lowest BCUT2D eigenvalue weighted by Crippen LogP contribution is -2.28. The number of anilines is 1. The summed E-state index contributed by atoms with van der Waals surface area (Å²) in [7, 11) is 0. The Labute approximate surface area is 126 Å². The Morgan fingerprint density at radius 1 is 1.40 bits per heavy atom. The van der Waals surface area contributed by atoms with Crippen LogP contribution in [0.15, 0.2) is 0 Å². The van der Waals surface area contributed by atoms with E-state index in [0.29, 0.717) is 23.7 Å². The molecule has 5 nitrogen and oxygen atoms in total. The van der Waals surface area contributed by atoms with Gasteiger partial charge >= 0.3 is 0 Å². The molecule has 0 spiro atoms. The van der Waals surface area contributed by atoms with Crippen LogP contribution in [0.3, 0.4) is 0 Å². The molecule has 2 rings (SSSR count). The Hall–Kier alpha value is -0.860. The maximum Gasteiger partial charge on any atom is 0.291 e. The summed E-state index contributed by atoms with van der Waals surface area (Å²) in [5.74, 6) is 0.383. The molecule has 1 aromatic rings. The topological polar surface area (TPSA) is 66.9 Å². The second-order valence-electron chi connectivity index (χ2n) is 4.53. The Kier molecular flexibility index (Phi) is 7.25. The van der Waals surface area contributed by atoms with Crippen LogP contribution in [0.4, 0.5) is 13.9 Å². The number of halogens is 3. The smallest absolute Gasteiger partial charge is 0.291 e. The molecule has 1 saturated heterocycles. The molecule has 0 aromatic carbocycles. The van der Waals surface area contributed by atoms with E-state index >= 15 is 0 Å². The number of rotatable bonds is 5. The predicted molar refractivity (Wildman–Crippen MR) is 75.6 cm³/mol. The van der Waals surface area contributed by atoms with E-state index in [1.807, 2.05) is 0 Å². The van der Waals surface area contributed by atoms with Crippen molar-refractivity contribution >= 4 is 34.8 Å². The highest BCUT2D eigenvalue weighted by Gasteiger charge is 2.17. The van der Waals surface area contributed by atoms with Crippen LogP contribution in [0, 0.1) is 5.92 Å². The third-order valence-electron chi connectivity index (χ3n) is 3.11. The first-order valence-corrected chi connectivity index (χ1v) is 7.09. The molecule has 0 aliphatic carbocycles. The molecule has 1 aliphatic heterocycles. The van der Waals surface area contributed by atoms with Gasteiger partial charge in [-0.15, -0.1) is 22.6 Å². The van der Waals surface area contributed by atoms with E-state index in [0.717, 1.165) is 32.4 Å². The summed E-state index contributed by atoms with van der Waals surface area (Å²) in [4.78, 5) is 11.7. The van der Waals surface area contributed by atoms with Crippen LogP contribution in [0.2, 0.25) is 0 Å². The van der Waals surface area contributed by atoms with E-state index < -0.39 is 6.43 Å². The second-order valence-corrected chi connectivity index (χ2v) is 5.54. The molecule has 1 aromatic heterocycles. The van der Waals surface area contributed by atoms with Crippen LogP contribution in [0.5, 0.6) is 0 Å². The van der Waals surface area contributed by atoms with Gasteiger partial charge in [0.1, 0.15) is 0 Å². The number of aromatic nitrogens is 2. The van der Waals surface area contributed by atoms with Gasteiger partial charge in [0, 0.05) is 6.42 Å². The Bertz CT molecular complexity index is 426. The summed E-state index contributed by atoms with van der Waals surface area (Å²) < 4.78 is 24.6. The lowest BCUT2D eigenvalue weighted by molar-refractivity contribution is -0.116. The van der Waals surface area contributed by atoms with Gasteiger partial charge in [-0.3, -0.25) is 4.79 Å². The zero-order chi connectivity index (χ0) is 13.7. The molecule has 0 radical (unpaired) electrons. The third kappa shape index (κ3) is 5.26. The highest BCUT2D eigenvalue weighted by molar-refractivity contribution is 7.15. The third-order valence-corrected chi connectivity index (χ3v) is 3.96. The zero-order valence-corrected chi connectivity index (χ0v) is 12.4. The van der Waals surface area contributed by atoms with E-state index in [-0.39, 0.29) is 28.5 Å². The van der Waals surface area contributed by atoms with Crippen LogP contribution >= 0.6 is 23.7 Å². The fraction of sp³-hybridized carbons (Fsp3) is 0.727. The first-order valence-electron chi connectivity index (χ1n) is 6.27. The van der Waals surface area contributed by atoms with Gasteiger partial charge < -0.3 is 10.6 Å². The SMILES string of the molecule is Cl.O=C(CCC1CCNCC1)Nc1nnc(C(F)F)s1. The van der Waals surface area contributed by atoms with E-state index in [4.69, 9.17) is 0 Å². The first kappa shape index (κ1) is 17.2. The van der Waals surface area contributed by atoms with Crippen molar-refractivity contribution in [3.05, 3.63) is 5.01 Å². The van der Waals surface area contributed by atoms with Gasteiger partial charge in [0.15, 0.2) is 5.01 Å². The molecular weight excluding hydrogens is 310 g/mol. The quantitative estimate of drug-likeness (QED) is 0.873. The standard InChI is InChI=1S/C11H16F2N4OS.ClH/c12-9(13)10-16-17-11(19-10)15-8(18)2-1-7-3-5-14-6-4-7;/h7,9,14H,1-6H2,(H,15,17,18);1H. The Balaban J connectivity index is 0.00000200. The van der Waals surface area contributed by atoms with Crippen LogP contribution < -0.4 is 10.6 Å². The van der Waals surface area contributed by atoms with Crippen molar-refractivity contribution in [2.24, 2.45) is 5.92 Å². The molecule has 1 aliphatic rings. The number of alkyl halides is 2. The second kappa shape index (κ2) is 8.43. The van der Waals surface area contributed by atoms with Gasteiger partial charge in [-0.1, -0.05) is 11.3 Å². The first-order chi connectivity index (χ1) is 9.15. The molecule has 9 heteroatoms. The lowest BCUT2D eigenvalue weighted by Gasteiger charge is -2.21. The number of nitrogens with zero attached hydrogens (tertiary/aromatic N) is 2. The molecule has 114 valence electrons. The van der Waals surface area contributed by atoms with Crippen molar-refractivity contribution in [2.75, 3.05) is 18.4 Å². The van der Waals surface area contributed by atoms with Crippen molar-refractivity contribution in [1.82, 2.24) is 15.5 Å². The maximum atomic E-state index is 12.3. The fourth-order valence-electron chi connectivity index (χ4n) is 2.06. The van der Waals surface area contributed by atoms with Gasteiger partial charge in [-0.2, -0.15) is 0 Å². The van der Waals surface area contributed by atoms with E-state index in [2.05, 4.69) is 20.8 Å². The zero-order valence-electron chi connectivity index (χ0n) is 10.8. The van der Waals surface area contributed by atoms with Crippen LogP contribution in [-0.2, 0) is 4.79 Å². The lowest BCUT2D eigenvalue weighted by atomic mass is 9.93. The molecule has 1 fully saturated rings. The summed E-state index contributed by atoms with van der Waals surface area (Å²) in [6, 6.07) is 0. The normalized spacial score (nSPS) is 15.9. The van der Waals surface area contributed by atoms with Gasteiger partial charge in [0.05, 0.1) is 0 Å². The van der Waals surface area contributed by atoms with Crippen molar-refractivity contribution in [1.29, 1.82) is 0 Å². The predicted octanol–water partition coefficient (Wildman–Crippen LogP) is 2.62. The van der Waals surface area contributed by atoms with Gasteiger partial charge in [-0.25, -0.2) is 8.78 Å². The van der Waals surface area contributed by atoms with Gasteiger partial charge in [-0.05, 0) is 38.3 Å². The number of carbonyl (C=O) groups excluding carboxylic acids is 1. The number of amides is 1. The van der Waals surface area contributed by atoms with Crippen molar-refractivity contribution < 1.29 is 13.6 Å². The molecule has 20 heavy (non-hydrogen) atoms. The molecular formula is C11H17ClF2N4OS. The van der Waals surface area contributed by atoms with Crippen molar-refractivity contribution in [3.8, 4) is 0 Å². The molecule has 1 amide bonds. The summed E-state index contributed by atoms with van der Waals surface area (Å²) in [5, 5.41) is 12.4. The summed E-state index contributed by atoms with van der Waals surface area (Å²) in [5.41, 5.74) is 0. The van der Waals surface area contributed by atoms with Crippen molar-refractivity contribution in [3.63, 3.8) is 0 Å². The molecule has 0 saturated carbocycles. The molecule has 2 heterocycles. The highest BCUT2D eigenvalue weighted by Crippen LogP contribution is 2.25. The molecule has 0 atom stereocenters. The molecule has 0 unspecified atom stereocenters. The maximum absolute atomic E-state index is 12.3. The van der Waals surface area contributed by atoms with E-state index in [1.54, 1.807) is 0 Å². The minimum atomic E-state index is -2.64. The van der Waals surface area contributed by atoms with Crippen molar-refractivity contribution in [2.45, 2.75) is 32.1 Å². The van der Waals surface area contributed by atoms with E-state index in [9.17, 15) is 13.6 Å². The van der Waals surface area contributed by atoms with Crippen LogP contribution in [0.25, 0.3) is 0 Å². The van der Waals surface area contributed by atoms with Crippen LogP contribution in [0.1, 0.15) is 37.1 Å². The number of piperidine rings is 1. The monoisotopic (exact) mass is 326 g/mol. The fourth-order valence-corrected chi connectivity index (χ4v) is 2.68. The minimum Gasteiger partial charge on any atom is -0.317 e. The Morgan fingerprint density at radius 3 is 2.70 bits per heavy atom.